The van der Waals surface area contributed by atoms with Crippen LogP contribution in [0.15, 0.2) is 36.4 Å². The number of nitrogens with one attached hydrogen (secondary N) is 1. The van der Waals surface area contributed by atoms with Gasteiger partial charge in [-0.1, -0.05) is 6.07 Å². The molecule has 0 radical (unpaired) electrons. The Bertz CT molecular complexity index is 674. The summed E-state index contributed by atoms with van der Waals surface area (Å²) in [6, 6.07) is 8.97. The predicted molar refractivity (Wildman–Crippen MR) is 78.1 cm³/mol. The lowest BCUT2D eigenvalue weighted by atomic mass is 10.1. The number of nitro groups is 1. The number of rotatable bonds is 5. The van der Waals surface area contributed by atoms with Crippen LogP contribution in [0.1, 0.15) is 11.1 Å². The predicted octanol–water partition coefficient (Wildman–Crippen LogP) is 3.66. The third-order valence-corrected chi connectivity index (χ3v) is 3.06. The lowest BCUT2D eigenvalue weighted by Gasteiger charge is -2.12. The van der Waals surface area contributed by atoms with Gasteiger partial charge in [0.2, 0.25) is 0 Å². The summed E-state index contributed by atoms with van der Waals surface area (Å²) < 4.78 is 18.5. The van der Waals surface area contributed by atoms with E-state index in [1.807, 2.05) is 19.1 Å². The molecular weight excluding hydrogens is 275 g/mol. The molecule has 2 rings (SSSR count). The number of halogens is 1. The number of hydrogen-bond donors (Lipinski definition) is 1. The van der Waals surface area contributed by atoms with Gasteiger partial charge >= 0.3 is 0 Å². The van der Waals surface area contributed by atoms with Gasteiger partial charge in [0, 0.05) is 12.6 Å². The zero-order valence-corrected chi connectivity index (χ0v) is 11.7. The van der Waals surface area contributed by atoms with Crippen LogP contribution in [-0.2, 0) is 6.54 Å². The van der Waals surface area contributed by atoms with Crippen LogP contribution >= 0.6 is 0 Å². The summed E-state index contributed by atoms with van der Waals surface area (Å²) in [5.41, 5.74) is 1.89. The third-order valence-electron chi connectivity index (χ3n) is 3.06. The molecule has 0 amide bonds. The van der Waals surface area contributed by atoms with Gasteiger partial charge in [0.1, 0.15) is 11.6 Å². The monoisotopic (exact) mass is 290 g/mol. The van der Waals surface area contributed by atoms with Crippen LogP contribution in [0.5, 0.6) is 5.75 Å². The Balaban J connectivity index is 2.26. The molecule has 6 heteroatoms. The van der Waals surface area contributed by atoms with Gasteiger partial charge in [-0.2, -0.15) is 0 Å². The molecule has 0 fully saturated rings. The average Bonchev–Trinajstić information content (AvgIpc) is 2.45. The van der Waals surface area contributed by atoms with Crippen LogP contribution in [0.3, 0.4) is 0 Å². The molecule has 2 aromatic rings. The molecule has 0 aliphatic heterocycles. The number of aryl methyl sites for hydroxylation is 1. The van der Waals surface area contributed by atoms with E-state index in [0.717, 1.165) is 17.7 Å². The number of benzene rings is 2. The summed E-state index contributed by atoms with van der Waals surface area (Å²) in [6.07, 6.45) is 0. The van der Waals surface area contributed by atoms with Crippen molar-refractivity contribution in [3.63, 3.8) is 0 Å². The normalized spacial score (nSPS) is 10.2. The van der Waals surface area contributed by atoms with E-state index in [9.17, 15) is 14.5 Å². The molecular formula is C15H15FN2O3. The molecule has 0 unspecified atom stereocenters. The Morgan fingerprint density at radius 3 is 2.71 bits per heavy atom. The zero-order chi connectivity index (χ0) is 15.4. The third kappa shape index (κ3) is 3.47. The van der Waals surface area contributed by atoms with Crippen LogP contribution in [0.2, 0.25) is 0 Å². The first-order valence-electron chi connectivity index (χ1n) is 6.32. The first kappa shape index (κ1) is 14.8. The molecule has 5 nitrogen and oxygen atoms in total. The lowest BCUT2D eigenvalue weighted by Crippen LogP contribution is -2.05. The van der Waals surface area contributed by atoms with Crippen molar-refractivity contribution in [2.24, 2.45) is 0 Å². The van der Waals surface area contributed by atoms with Crippen LogP contribution < -0.4 is 10.1 Å². The van der Waals surface area contributed by atoms with E-state index in [1.54, 1.807) is 13.2 Å². The van der Waals surface area contributed by atoms with Crippen LogP contribution in [-0.4, -0.2) is 12.0 Å². The first-order chi connectivity index (χ1) is 10.0. The molecule has 0 aromatic heterocycles. The average molecular weight is 290 g/mol. The van der Waals surface area contributed by atoms with Crippen LogP contribution in [0, 0.1) is 22.9 Å². The number of anilines is 1. The topological polar surface area (TPSA) is 64.4 Å². The molecule has 0 aliphatic rings. The molecule has 0 bridgehead atoms. The van der Waals surface area contributed by atoms with Crippen molar-refractivity contribution in [3.05, 3.63) is 63.5 Å². The van der Waals surface area contributed by atoms with E-state index in [0.29, 0.717) is 11.4 Å². The minimum Gasteiger partial charge on any atom is -0.495 e. The Hall–Kier alpha value is -2.63. The van der Waals surface area contributed by atoms with Crippen LogP contribution in [0.4, 0.5) is 15.8 Å². The Morgan fingerprint density at radius 2 is 2.05 bits per heavy atom. The van der Waals surface area contributed by atoms with E-state index in [2.05, 4.69) is 5.32 Å². The van der Waals surface area contributed by atoms with E-state index in [-0.39, 0.29) is 17.8 Å². The number of hydrogen-bond acceptors (Lipinski definition) is 4. The minimum atomic E-state index is -0.524. The van der Waals surface area contributed by atoms with Gasteiger partial charge in [-0.25, -0.2) is 4.39 Å². The van der Waals surface area contributed by atoms with Gasteiger partial charge in [0.15, 0.2) is 0 Å². The second-order valence-corrected chi connectivity index (χ2v) is 4.59. The van der Waals surface area contributed by atoms with Gasteiger partial charge in [0.25, 0.3) is 5.69 Å². The van der Waals surface area contributed by atoms with Gasteiger partial charge < -0.3 is 10.1 Å². The molecule has 0 saturated heterocycles. The molecule has 0 saturated carbocycles. The first-order valence-corrected chi connectivity index (χ1v) is 6.32. The molecule has 1 N–H and O–H groups in total. The molecule has 0 spiro atoms. The number of ether oxygens (including phenoxy) is 1. The number of methoxy groups -OCH3 is 1. The second kappa shape index (κ2) is 6.21. The maximum absolute atomic E-state index is 13.3. The van der Waals surface area contributed by atoms with Crippen molar-refractivity contribution in [2.45, 2.75) is 13.5 Å². The van der Waals surface area contributed by atoms with Crippen molar-refractivity contribution in [2.75, 3.05) is 12.4 Å². The van der Waals surface area contributed by atoms with E-state index < -0.39 is 10.7 Å². The van der Waals surface area contributed by atoms with Crippen molar-refractivity contribution in [1.29, 1.82) is 0 Å². The van der Waals surface area contributed by atoms with Gasteiger partial charge in [-0.05, 0) is 36.8 Å². The summed E-state index contributed by atoms with van der Waals surface area (Å²) in [4.78, 5) is 10.4. The molecule has 21 heavy (non-hydrogen) atoms. The Morgan fingerprint density at radius 1 is 1.29 bits per heavy atom. The fraction of sp³-hybridized carbons (Fsp3) is 0.200. The van der Waals surface area contributed by atoms with Gasteiger partial charge in [-0.3, -0.25) is 10.1 Å². The van der Waals surface area contributed by atoms with Crippen molar-refractivity contribution in [1.82, 2.24) is 0 Å². The van der Waals surface area contributed by atoms with E-state index in [4.69, 9.17) is 4.74 Å². The maximum atomic E-state index is 13.3. The summed E-state index contributed by atoms with van der Waals surface area (Å²) in [5, 5.41) is 14.0. The fourth-order valence-electron chi connectivity index (χ4n) is 2.02. The lowest BCUT2D eigenvalue weighted by molar-refractivity contribution is -0.385. The SMILES string of the molecule is COc1ccc(C)cc1NCc1cc(F)ccc1[N+](=O)[O-]. The molecule has 0 heterocycles. The van der Waals surface area contributed by atoms with Crippen molar-refractivity contribution < 1.29 is 14.1 Å². The highest BCUT2D eigenvalue weighted by molar-refractivity contribution is 5.58. The second-order valence-electron chi connectivity index (χ2n) is 4.59. The molecule has 0 atom stereocenters. The zero-order valence-electron chi connectivity index (χ0n) is 11.7. The van der Waals surface area contributed by atoms with Gasteiger partial charge in [0.05, 0.1) is 23.3 Å². The summed E-state index contributed by atoms with van der Waals surface area (Å²) in [7, 11) is 1.54. The molecule has 2 aromatic carbocycles. The maximum Gasteiger partial charge on any atom is 0.274 e. The summed E-state index contributed by atoms with van der Waals surface area (Å²) in [5.74, 6) is 0.119. The Kier molecular flexibility index (Phi) is 4.37. The standard InChI is InChI=1S/C15H15FN2O3/c1-10-3-6-15(21-2)13(7-10)17-9-11-8-12(16)4-5-14(11)18(19)20/h3-8,17H,9H2,1-2H3. The van der Waals surface area contributed by atoms with E-state index in [1.165, 1.54) is 6.07 Å². The highest BCUT2D eigenvalue weighted by Gasteiger charge is 2.14. The van der Waals surface area contributed by atoms with Gasteiger partial charge in [-0.15, -0.1) is 0 Å². The van der Waals surface area contributed by atoms with Crippen molar-refractivity contribution >= 4 is 11.4 Å². The fourth-order valence-corrected chi connectivity index (χ4v) is 2.02. The Labute approximate surface area is 121 Å². The van der Waals surface area contributed by atoms with E-state index >= 15 is 0 Å². The largest absolute Gasteiger partial charge is 0.495 e. The van der Waals surface area contributed by atoms with Crippen molar-refractivity contribution in [3.8, 4) is 5.75 Å². The number of nitro benzene ring substituents is 1. The summed E-state index contributed by atoms with van der Waals surface area (Å²) in [6.45, 7) is 2.06. The number of nitrogens with zero attached hydrogens (tertiary/aromatic N) is 1. The summed E-state index contributed by atoms with van der Waals surface area (Å²) >= 11 is 0. The highest BCUT2D eigenvalue weighted by Crippen LogP contribution is 2.27. The highest BCUT2D eigenvalue weighted by atomic mass is 19.1. The smallest absolute Gasteiger partial charge is 0.274 e. The minimum absolute atomic E-state index is 0.115. The quantitative estimate of drug-likeness (QED) is 0.674. The molecule has 0 aliphatic carbocycles. The van der Waals surface area contributed by atoms with Crippen LogP contribution in [0.25, 0.3) is 0 Å². The molecule has 110 valence electrons.